The van der Waals surface area contributed by atoms with Crippen molar-refractivity contribution in [1.29, 1.82) is 0 Å². The third kappa shape index (κ3) is 2.72. The maximum atomic E-state index is 13.0. The van der Waals surface area contributed by atoms with Gasteiger partial charge < -0.3 is 4.74 Å². The normalized spacial score (nSPS) is 10.2. The first kappa shape index (κ1) is 12.3. The van der Waals surface area contributed by atoms with Gasteiger partial charge >= 0.3 is 0 Å². The zero-order valence-electron chi connectivity index (χ0n) is 10.1. The summed E-state index contributed by atoms with van der Waals surface area (Å²) in [4.78, 5) is 8.09. The molecule has 0 bridgehead atoms. The standard InChI is InChI=1S/C12H13FN4O/c1-7-5-9(13)3-4-10(7)18-11-6-8(2)15-12(16-11)17-14/h3-6H,14H2,1-2H3,(H,15,16,17). The SMILES string of the molecule is Cc1cc(Oc2ccc(F)cc2C)nc(NN)n1. The van der Waals surface area contributed by atoms with Crippen molar-refractivity contribution in [2.24, 2.45) is 5.84 Å². The van der Waals surface area contributed by atoms with E-state index in [2.05, 4.69) is 15.4 Å². The fraction of sp³-hybridized carbons (Fsp3) is 0.167. The summed E-state index contributed by atoms with van der Waals surface area (Å²) < 4.78 is 18.5. The molecule has 1 aromatic carbocycles. The van der Waals surface area contributed by atoms with Gasteiger partial charge in [0.05, 0.1) is 0 Å². The third-order valence-corrected chi connectivity index (χ3v) is 2.31. The molecule has 0 aliphatic carbocycles. The van der Waals surface area contributed by atoms with Gasteiger partial charge in [0.15, 0.2) is 0 Å². The largest absolute Gasteiger partial charge is 0.439 e. The van der Waals surface area contributed by atoms with Crippen molar-refractivity contribution in [2.45, 2.75) is 13.8 Å². The van der Waals surface area contributed by atoms with Crippen LogP contribution in [0.4, 0.5) is 10.3 Å². The summed E-state index contributed by atoms with van der Waals surface area (Å²) >= 11 is 0. The fourth-order valence-corrected chi connectivity index (χ4v) is 1.50. The van der Waals surface area contributed by atoms with E-state index in [0.29, 0.717) is 22.9 Å². The quantitative estimate of drug-likeness (QED) is 0.644. The van der Waals surface area contributed by atoms with Crippen molar-refractivity contribution in [3.05, 3.63) is 41.3 Å². The minimum atomic E-state index is -0.303. The molecule has 0 atom stereocenters. The van der Waals surface area contributed by atoms with Crippen LogP contribution in [0, 0.1) is 19.7 Å². The first-order valence-electron chi connectivity index (χ1n) is 5.35. The molecule has 0 radical (unpaired) electrons. The Kier molecular flexibility index (Phi) is 3.38. The van der Waals surface area contributed by atoms with Gasteiger partial charge in [-0.15, -0.1) is 0 Å². The van der Waals surface area contributed by atoms with E-state index in [1.807, 2.05) is 0 Å². The smallest absolute Gasteiger partial charge is 0.240 e. The molecule has 0 saturated heterocycles. The second kappa shape index (κ2) is 4.97. The van der Waals surface area contributed by atoms with Gasteiger partial charge in [-0.2, -0.15) is 4.98 Å². The first-order valence-corrected chi connectivity index (χ1v) is 5.35. The molecule has 0 aliphatic heterocycles. The number of nitrogens with zero attached hydrogens (tertiary/aromatic N) is 2. The molecule has 0 spiro atoms. The zero-order valence-corrected chi connectivity index (χ0v) is 10.1. The van der Waals surface area contributed by atoms with Crippen LogP contribution in [0.25, 0.3) is 0 Å². The Labute approximate surface area is 104 Å². The van der Waals surface area contributed by atoms with Gasteiger partial charge in [-0.1, -0.05) is 0 Å². The molecular formula is C12H13FN4O. The summed E-state index contributed by atoms with van der Waals surface area (Å²) in [5.74, 6) is 6.11. The van der Waals surface area contributed by atoms with Crippen molar-refractivity contribution in [2.75, 3.05) is 5.43 Å². The molecule has 1 heterocycles. The number of nitrogens with two attached hydrogens (primary N) is 1. The fourth-order valence-electron chi connectivity index (χ4n) is 1.50. The molecule has 0 saturated carbocycles. The second-order valence-corrected chi connectivity index (χ2v) is 3.83. The monoisotopic (exact) mass is 248 g/mol. The van der Waals surface area contributed by atoms with E-state index in [1.165, 1.54) is 12.1 Å². The van der Waals surface area contributed by atoms with Crippen molar-refractivity contribution in [3.63, 3.8) is 0 Å². The Morgan fingerprint density at radius 1 is 1.22 bits per heavy atom. The molecule has 2 rings (SSSR count). The molecule has 0 fully saturated rings. The molecule has 94 valence electrons. The Morgan fingerprint density at radius 3 is 2.67 bits per heavy atom. The number of anilines is 1. The van der Waals surface area contributed by atoms with Crippen LogP contribution in [0.1, 0.15) is 11.3 Å². The summed E-state index contributed by atoms with van der Waals surface area (Å²) in [5.41, 5.74) is 3.76. The van der Waals surface area contributed by atoms with E-state index in [-0.39, 0.29) is 11.8 Å². The average molecular weight is 248 g/mol. The van der Waals surface area contributed by atoms with E-state index in [4.69, 9.17) is 10.6 Å². The predicted octanol–water partition coefficient (Wildman–Crippen LogP) is 2.31. The highest BCUT2D eigenvalue weighted by Gasteiger charge is 2.06. The minimum Gasteiger partial charge on any atom is -0.439 e. The first-order chi connectivity index (χ1) is 8.58. The topological polar surface area (TPSA) is 73.1 Å². The van der Waals surface area contributed by atoms with Gasteiger partial charge in [0.25, 0.3) is 0 Å². The van der Waals surface area contributed by atoms with E-state index in [1.54, 1.807) is 26.0 Å². The number of ether oxygens (including phenoxy) is 1. The molecule has 5 nitrogen and oxygen atoms in total. The Hall–Kier alpha value is -2.21. The lowest BCUT2D eigenvalue weighted by Crippen LogP contribution is -2.11. The number of hydrogen-bond acceptors (Lipinski definition) is 5. The molecule has 18 heavy (non-hydrogen) atoms. The summed E-state index contributed by atoms with van der Waals surface area (Å²) in [6.07, 6.45) is 0. The Balaban J connectivity index is 2.30. The van der Waals surface area contributed by atoms with Crippen molar-refractivity contribution >= 4 is 5.95 Å². The lowest BCUT2D eigenvalue weighted by molar-refractivity contribution is 0.456. The van der Waals surface area contributed by atoms with Crippen LogP contribution < -0.4 is 16.0 Å². The van der Waals surface area contributed by atoms with E-state index < -0.39 is 0 Å². The highest BCUT2D eigenvalue weighted by Crippen LogP contribution is 2.24. The summed E-state index contributed by atoms with van der Waals surface area (Å²) in [6.45, 7) is 3.56. The van der Waals surface area contributed by atoms with Crippen LogP contribution >= 0.6 is 0 Å². The summed E-state index contributed by atoms with van der Waals surface area (Å²) in [7, 11) is 0. The molecule has 0 aliphatic rings. The number of benzene rings is 1. The second-order valence-electron chi connectivity index (χ2n) is 3.83. The van der Waals surface area contributed by atoms with Gasteiger partial charge in [-0.3, -0.25) is 5.43 Å². The molecular weight excluding hydrogens is 235 g/mol. The van der Waals surface area contributed by atoms with Crippen LogP contribution in [-0.2, 0) is 0 Å². The number of aryl methyl sites for hydroxylation is 2. The zero-order chi connectivity index (χ0) is 13.1. The number of halogens is 1. The van der Waals surface area contributed by atoms with Crippen LogP contribution in [0.5, 0.6) is 11.6 Å². The van der Waals surface area contributed by atoms with Gasteiger partial charge in [-0.05, 0) is 37.6 Å². The number of nitrogens with one attached hydrogen (secondary N) is 1. The average Bonchev–Trinajstić information content (AvgIpc) is 2.32. The maximum Gasteiger partial charge on any atom is 0.240 e. The van der Waals surface area contributed by atoms with E-state index in [0.717, 1.165) is 0 Å². The van der Waals surface area contributed by atoms with Crippen molar-refractivity contribution in [3.8, 4) is 11.6 Å². The minimum absolute atomic E-state index is 0.268. The molecule has 3 N–H and O–H groups in total. The van der Waals surface area contributed by atoms with Crippen molar-refractivity contribution < 1.29 is 9.13 Å². The molecule has 2 aromatic rings. The van der Waals surface area contributed by atoms with Crippen LogP contribution in [0.3, 0.4) is 0 Å². The van der Waals surface area contributed by atoms with Crippen LogP contribution in [0.15, 0.2) is 24.3 Å². The lowest BCUT2D eigenvalue weighted by Gasteiger charge is -2.09. The van der Waals surface area contributed by atoms with Gasteiger partial charge in [0.1, 0.15) is 11.6 Å². The summed E-state index contributed by atoms with van der Waals surface area (Å²) in [6, 6.07) is 5.95. The Morgan fingerprint density at radius 2 is 2.00 bits per heavy atom. The molecule has 0 unspecified atom stereocenters. The number of hydrogen-bond donors (Lipinski definition) is 2. The number of nitrogen functional groups attached to an aromatic ring is 1. The van der Waals surface area contributed by atoms with E-state index >= 15 is 0 Å². The predicted molar refractivity (Wildman–Crippen MR) is 65.8 cm³/mol. The molecule has 1 aromatic heterocycles. The van der Waals surface area contributed by atoms with Gasteiger partial charge in [0.2, 0.25) is 11.8 Å². The third-order valence-electron chi connectivity index (χ3n) is 2.31. The highest BCUT2D eigenvalue weighted by atomic mass is 19.1. The molecule has 0 amide bonds. The van der Waals surface area contributed by atoms with E-state index in [9.17, 15) is 4.39 Å². The molecule has 6 heteroatoms. The van der Waals surface area contributed by atoms with Gasteiger partial charge in [-0.25, -0.2) is 15.2 Å². The van der Waals surface area contributed by atoms with Crippen LogP contribution in [0.2, 0.25) is 0 Å². The number of aromatic nitrogens is 2. The number of rotatable bonds is 3. The van der Waals surface area contributed by atoms with Crippen molar-refractivity contribution in [1.82, 2.24) is 9.97 Å². The number of hydrazine groups is 1. The van der Waals surface area contributed by atoms with Crippen LogP contribution in [-0.4, -0.2) is 9.97 Å². The van der Waals surface area contributed by atoms with Gasteiger partial charge in [0, 0.05) is 11.8 Å². The lowest BCUT2D eigenvalue weighted by atomic mass is 10.2. The maximum absolute atomic E-state index is 13.0. The highest BCUT2D eigenvalue weighted by molar-refractivity contribution is 5.37. The summed E-state index contributed by atoms with van der Waals surface area (Å²) in [5, 5.41) is 0. The Bertz CT molecular complexity index is 574.